The Bertz CT molecular complexity index is 1050. The number of ether oxygens (including phenoxy) is 2. The molecule has 2 aromatic rings. The standard InChI is InChI=1S/C34H50N4O6S2/c1-3-5-7-15-21-35-31(39)29(37-33(41)43-23-27-17-11-9-12-18-27)25-45-46-26-30(32(40)36-22-16-8-6-4-2)38-34(42)44-24-28-19-13-10-14-20-28/h9-14,17-20,29-30H,3-8,15-16,21-26H2,1-2H3,(H,35,39)(H,36,40)(H,37,41)(H,38,42). The number of hydrogen-bond donors (Lipinski definition) is 4. The summed E-state index contributed by atoms with van der Waals surface area (Å²) in [6.07, 6.45) is 6.74. The second-order valence-electron chi connectivity index (χ2n) is 10.8. The van der Waals surface area contributed by atoms with Crippen molar-refractivity contribution in [3.8, 4) is 0 Å². The fourth-order valence-corrected chi connectivity index (χ4v) is 6.51. The second-order valence-corrected chi connectivity index (χ2v) is 13.3. The fourth-order valence-electron chi connectivity index (χ4n) is 4.19. The first-order valence-corrected chi connectivity index (χ1v) is 18.7. The summed E-state index contributed by atoms with van der Waals surface area (Å²) in [6.45, 7) is 5.45. The lowest BCUT2D eigenvalue weighted by Gasteiger charge is -2.20. The molecule has 2 atom stereocenters. The van der Waals surface area contributed by atoms with E-state index in [1.54, 1.807) is 0 Å². The topological polar surface area (TPSA) is 135 Å². The molecule has 10 nitrogen and oxygen atoms in total. The molecule has 46 heavy (non-hydrogen) atoms. The van der Waals surface area contributed by atoms with Gasteiger partial charge in [0.05, 0.1) is 0 Å². The minimum Gasteiger partial charge on any atom is -0.445 e. The molecule has 0 saturated heterocycles. The largest absolute Gasteiger partial charge is 0.445 e. The maximum absolute atomic E-state index is 13.0. The summed E-state index contributed by atoms with van der Waals surface area (Å²) in [5.41, 5.74) is 1.67. The van der Waals surface area contributed by atoms with E-state index in [9.17, 15) is 19.2 Å². The summed E-state index contributed by atoms with van der Waals surface area (Å²) in [7, 11) is 2.65. The van der Waals surface area contributed by atoms with Gasteiger partial charge in [0.25, 0.3) is 0 Å². The van der Waals surface area contributed by atoms with Crippen molar-refractivity contribution in [2.45, 2.75) is 90.5 Å². The van der Waals surface area contributed by atoms with Crippen molar-refractivity contribution in [2.75, 3.05) is 24.6 Å². The predicted octanol–water partition coefficient (Wildman–Crippen LogP) is 6.35. The molecule has 0 heterocycles. The van der Waals surface area contributed by atoms with E-state index < -0.39 is 24.3 Å². The first kappa shape index (κ1) is 38.8. The fraction of sp³-hybridized carbons (Fsp3) is 0.529. The van der Waals surface area contributed by atoms with Crippen molar-refractivity contribution in [3.05, 3.63) is 71.8 Å². The zero-order valence-corrected chi connectivity index (χ0v) is 28.7. The van der Waals surface area contributed by atoms with Gasteiger partial charge < -0.3 is 30.7 Å². The Kier molecular flexibility index (Phi) is 20.9. The van der Waals surface area contributed by atoms with Crippen LogP contribution in [0.25, 0.3) is 0 Å². The van der Waals surface area contributed by atoms with Gasteiger partial charge in [-0.1, -0.05) is 135 Å². The molecule has 0 aromatic heterocycles. The van der Waals surface area contributed by atoms with E-state index >= 15 is 0 Å². The van der Waals surface area contributed by atoms with Crippen molar-refractivity contribution in [3.63, 3.8) is 0 Å². The van der Waals surface area contributed by atoms with Crippen LogP contribution in [0, 0.1) is 0 Å². The third kappa shape index (κ3) is 17.9. The van der Waals surface area contributed by atoms with Gasteiger partial charge in [-0.3, -0.25) is 9.59 Å². The van der Waals surface area contributed by atoms with Crippen LogP contribution in [0.3, 0.4) is 0 Å². The predicted molar refractivity (Wildman–Crippen MR) is 186 cm³/mol. The Labute approximate surface area is 281 Å². The second kappa shape index (κ2) is 24.8. The Morgan fingerprint density at radius 3 is 1.35 bits per heavy atom. The average molecular weight is 675 g/mol. The molecule has 12 heteroatoms. The Hall–Kier alpha value is -3.38. The van der Waals surface area contributed by atoms with E-state index in [1.165, 1.54) is 21.6 Å². The number of benzene rings is 2. The molecule has 0 aliphatic carbocycles. The van der Waals surface area contributed by atoms with Crippen LogP contribution in [-0.2, 0) is 32.3 Å². The van der Waals surface area contributed by atoms with Crippen LogP contribution in [0.15, 0.2) is 60.7 Å². The highest BCUT2D eigenvalue weighted by Gasteiger charge is 2.24. The van der Waals surface area contributed by atoms with Gasteiger partial charge in [0.15, 0.2) is 0 Å². The third-order valence-corrected chi connectivity index (χ3v) is 9.28. The van der Waals surface area contributed by atoms with E-state index in [0.29, 0.717) is 13.1 Å². The third-order valence-electron chi connectivity index (χ3n) is 6.85. The summed E-state index contributed by atoms with van der Waals surface area (Å²) in [5, 5.41) is 11.2. The molecule has 4 N–H and O–H groups in total. The zero-order chi connectivity index (χ0) is 33.2. The molecule has 0 aliphatic rings. The smallest absolute Gasteiger partial charge is 0.408 e. The van der Waals surface area contributed by atoms with Gasteiger partial charge in [-0.05, 0) is 24.0 Å². The summed E-state index contributed by atoms with van der Waals surface area (Å²) in [6, 6.07) is 16.9. The minimum atomic E-state index is -0.846. The SMILES string of the molecule is CCCCCCNC(=O)C(CSSCC(NC(=O)OCc1ccccc1)C(=O)NCCCCCC)NC(=O)OCc1ccccc1. The maximum Gasteiger partial charge on any atom is 0.408 e. The Morgan fingerprint density at radius 2 is 0.978 bits per heavy atom. The van der Waals surface area contributed by atoms with Crippen LogP contribution in [0.5, 0.6) is 0 Å². The van der Waals surface area contributed by atoms with Crippen LogP contribution in [-0.4, -0.2) is 60.7 Å². The highest BCUT2D eigenvalue weighted by Crippen LogP contribution is 2.23. The normalized spacial score (nSPS) is 12.0. The number of rotatable bonds is 23. The highest BCUT2D eigenvalue weighted by molar-refractivity contribution is 8.76. The molecule has 0 fully saturated rings. The number of hydrogen-bond acceptors (Lipinski definition) is 8. The molecular formula is C34H50N4O6S2. The van der Waals surface area contributed by atoms with Crippen LogP contribution in [0.2, 0.25) is 0 Å². The molecule has 254 valence electrons. The number of carbonyl (C=O) groups is 4. The van der Waals surface area contributed by atoms with Gasteiger partial charge in [0, 0.05) is 24.6 Å². The van der Waals surface area contributed by atoms with Gasteiger partial charge in [-0.2, -0.15) is 0 Å². The number of alkyl carbamates (subject to hydrolysis) is 2. The first-order valence-electron chi connectivity index (χ1n) is 16.2. The van der Waals surface area contributed by atoms with E-state index in [1.807, 2.05) is 60.7 Å². The minimum absolute atomic E-state index is 0.0845. The van der Waals surface area contributed by atoms with Crippen LogP contribution >= 0.6 is 21.6 Å². The molecule has 0 saturated carbocycles. The number of amides is 4. The Balaban J connectivity index is 1.93. The van der Waals surface area contributed by atoms with E-state index in [4.69, 9.17) is 9.47 Å². The molecule has 4 amide bonds. The van der Waals surface area contributed by atoms with Gasteiger partial charge >= 0.3 is 12.2 Å². The molecule has 0 radical (unpaired) electrons. The maximum atomic E-state index is 13.0. The zero-order valence-electron chi connectivity index (χ0n) is 27.1. The van der Waals surface area contributed by atoms with E-state index in [-0.39, 0.29) is 36.5 Å². The van der Waals surface area contributed by atoms with E-state index in [2.05, 4.69) is 35.1 Å². The number of nitrogens with one attached hydrogen (secondary N) is 4. The van der Waals surface area contributed by atoms with Crippen LogP contribution < -0.4 is 21.3 Å². The van der Waals surface area contributed by atoms with Crippen LogP contribution in [0.1, 0.15) is 76.3 Å². The lowest BCUT2D eigenvalue weighted by atomic mass is 10.2. The number of unbranched alkanes of at least 4 members (excludes halogenated alkanes) is 6. The summed E-state index contributed by atoms with van der Waals surface area (Å²) in [4.78, 5) is 51.2. The molecule has 0 bridgehead atoms. The molecule has 2 aromatic carbocycles. The van der Waals surface area contributed by atoms with Gasteiger partial charge in [-0.15, -0.1) is 0 Å². The average Bonchev–Trinajstić information content (AvgIpc) is 3.07. The molecule has 2 rings (SSSR count). The molecule has 0 aliphatic heterocycles. The van der Waals surface area contributed by atoms with Crippen LogP contribution in [0.4, 0.5) is 9.59 Å². The van der Waals surface area contributed by atoms with Crippen molar-refractivity contribution in [1.82, 2.24) is 21.3 Å². The van der Waals surface area contributed by atoms with Crippen molar-refractivity contribution in [2.24, 2.45) is 0 Å². The lowest BCUT2D eigenvalue weighted by Crippen LogP contribution is -2.49. The van der Waals surface area contributed by atoms with Gasteiger partial charge in [-0.25, -0.2) is 9.59 Å². The van der Waals surface area contributed by atoms with Gasteiger partial charge in [0.2, 0.25) is 11.8 Å². The molecule has 0 spiro atoms. The quantitative estimate of drug-likeness (QED) is 0.0792. The summed E-state index contributed by atoms with van der Waals surface area (Å²) >= 11 is 0. The van der Waals surface area contributed by atoms with E-state index in [0.717, 1.165) is 62.5 Å². The monoisotopic (exact) mass is 674 g/mol. The molecule has 2 unspecified atom stereocenters. The summed E-state index contributed by atoms with van der Waals surface area (Å²) < 4.78 is 10.7. The molecular weight excluding hydrogens is 625 g/mol. The van der Waals surface area contributed by atoms with Crippen molar-refractivity contribution >= 4 is 45.6 Å². The highest BCUT2D eigenvalue weighted by atomic mass is 33.1. The first-order chi connectivity index (χ1) is 22.4. The van der Waals surface area contributed by atoms with Crippen molar-refractivity contribution < 1.29 is 28.7 Å². The van der Waals surface area contributed by atoms with Gasteiger partial charge in [0.1, 0.15) is 25.3 Å². The van der Waals surface area contributed by atoms with Crippen molar-refractivity contribution in [1.29, 1.82) is 0 Å². The summed E-state index contributed by atoms with van der Waals surface area (Å²) in [5.74, 6) is -0.138. The lowest BCUT2D eigenvalue weighted by molar-refractivity contribution is -0.123. The number of carbonyl (C=O) groups excluding carboxylic acids is 4. The Morgan fingerprint density at radius 1 is 0.587 bits per heavy atom.